The average Bonchev–Trinajstić information content (AvgIpc) is 3.14. The molecule has 4 aromatic rings. The lowest BCUT2D eigenvalue weighted by Gasteiger charge is -2.34. The van der Waals surface area contributed by atoms with Crippen LogP contribution in [0.25, 0.3) is 27.7 Å². The van der Waals surface area contributed by atoms with Crippen LogP contribution in [-0.2, 0) is 0 Å². The lowest BCUT2D eigenvalue weighted by Crippen LogP contribution is -2.52. The topological polar surface area (TPSA) is 58.7 Å². The normalized spacial score (nSPS) is 15.7. The molecule has 0 radical (unpaired) electrons. The first-order chi connectivity index (χ1) is 13.2. The molecule has 7 nitrogen and oxygen atoms in total. The fourth-order valence-electron chi connectivity index (χ4n) is 3.66. The Hall–Kier alpha value is -3.19. The Morgan fingerprint density at radius 3 is 2.52 bits per heavy atom. The Morgan fingerprint density at radius 1 is 0.963 bits per heavy atom. The van der Waals surface area contributed by atoms with Crippen molar-refractivity contribution < 1.29 is 0 Å². The van der Waals surface area contributed by atoms with Gasteiger partial charge in [0.05, 0.1) is 17.1 Å². The van der Waals surface area contributed by atoms with Gasteiger partial charge in [0, 0.05) is 44.1 Å². The highest BCUT2D eigenvalue weighted by Gasteiger charge is 2.18. The monoisotopic (exact) mass is 360 g/mol. The molecule has 0 aliphatic carbocycles. The van der Waals surface area contributed by atoms with Gasteiger partial charge in [-0.25, -0.2) is 14.2 Å². The predicted octanol–water partition coefficient (Wildman–Crippen LogP) is 1.59. The molecule has 5 rings (SSSR count). The summed E-state index contributed by atoms with van der Waals surface area (Å²) >= 11 is 0. The molecule has 27 heavy (non-hydrogen) atoms. The van der Waals surface area contributed by atoms with Crippen LogP contribution < -0.4 is 10.6 Å². The third kappa shape index (κ3) is 2.59. The predicted molar refractivity (Wildman–Crippen MR) is 106 cm³/mol. The molecule has 1 saturated heterocycles. The lowest BCUT2D eigenvalue weighted by atomic mass is 10.1. The second-order valence-electron chi connectivity index (χ2n) is 6.94. The van der Waals surface area contributed by atoms with Crippen LogP contribution in [0.3, 0.4) is 0 Å². The summed E-state index contributed by atoms with van der Waals surface area (Å²) < 4.78 is 3.47. The van der Waals surface area contributed by atoms with E-state index in [1.807, 2.05) is 48.8 Å². The number of hydrogen-bond donors (Lipinski definition) is 0. The maximum absolute atomic E-state index is 13.1. The second-order valence-corrected chi connectivity index (χ2v) is 6.94. The van der Waals surface area contributed by atoms with Gasteiger partial charge < -0.3 is 9.91 Å². The van der Waals surface area contributed by atoms with E-state index in [0.29, 0.717) is 5.39 Å². The zero-order valence-electron chi connectivity index (χ0n) is 15.1. The molecular weight excluding hydrogens is 340 g/mol. The van der Waals surface area contributed by atoms with Gasteiger partial charge in [-0.3, -0.25) is 4.79 Å². The number of rotatable bonds is 2. The number of aromatic nitrogens is 4. The van der Waals surface area contributed by atoms with E-state index in [-0.39, 0.29) is 5.56 Å². The summed E-state index contributed by atoms with van der Waals surface area (Å²) in [6.07, 6.45) is 5.33. The smallest absolute Gasteiger partial charge is 0.280 e. The van der Waals surface area contributed by atoms with Gasteiger partial charge in [-0.2, -0.15) is 5.10 Å². The van der Waals surface area contributed by atoms with E-state index in [9.17, 15) is 4.79 Å². The van der Waals surface area contributed by atoms with Crippen LogP contribution in [0.1, 0.15) is 0 Å². The van der Waals surface area contributed by atoms with E-state index in [0.717, 1.165) is 48.5 Å². The van der Waals surface area contributed by atoms with Crippen molar-refractivity contribution in [2.24, 2.45) is 0 Å². The minimum atomic E-state index is -0.0526. The van der Waals surface area contributed by atoms with E-state index in [4.69, 9.17) is 0 Å². The summed E-state index contributed by atoms with van der Waals surface area (Å²) in [6, 6.07) is 12.0. The minimum Gasteiger partial charge on any atom is -0.308 e. The highest BCUT2D eigenvalue weighted by molar-refractivity contribution is 5.85. The number of likely N-dealkylation sites (N-methyl/N-ethyl adjacent to an activating group) is 1. The molecule has 136 valence electrons. The average molecular weight is 360 g/mol. The first-order valence-corrected chi connectivity index (χ1v) is 9.10. The summed E-state index contributed by atoms with van der Waals surface area (Å²) in [4.78, 5) is 19.9. The lowest BCUT2D eigenvalue weighted by molar-refractivity contribution is 0.286. The van der Waals surface area contributed by atoms with Crippen molar-refractivity contribution in [2.45, 2.75) is 0 Å². The quantitative estimate of drug-likeness (QED) is 0.543. The van der Waals surface area contributed by atoms with Gasteiger partial charge >= 0.3 is 0 Å². The summed E-state index contributed by atoms with van der Waals surface area (Å²) in [5.74, 6) is 0. The van der Waals surface area contributed by atoms with Crippen LogP contribution in [0.2, 0.25) is 0 Å². The molecular formula is C20H20N6O. The molecule has 0 saturated carbocycles. The molecule has 0 atom stereocenters. The van der Waals surface area contributed by atoms with Crippen molar-refractivity contribution >= 4 is 16.6 Å². The van der Waals surface area contributed by atoms with Crippen molar-refractivity contribution in [3.63, 3.8) is 0 Å². The molecule has 0 spiro atoms. The Kier molecular flexibility index (Phi) is 3.68. The van der Waals surface area contributed by atoms with Gasteiger partial charge in [0.1, 0.15) is 0 Å². The first-order valence-electron chi connectivity index (χ1n) is 9.10. The van der Waals surface area contributed by atoms with Crippen LogP contribution >= 0.6 is 0 Å². The van der Waals surface area contributed by atoms with Crippen LogP contribution in [0.15, 0.2) is 59.8 Å². The summed E-state index contributed by atoms with van der Waals surface area (Å²) in [5.41, 5.74) is 3.50. The summed E-state index contributed by atoms with van der Waals surface area (Å²) in [7, 11) is 2.10. The van der Waals surface area contributed by atoms with Crippen molar-refractivity contribution in [1.29, 1.82) is 0 Å². The summed E-state index contributed by atoms with van der Waals surface area (Å²) in [5, 5.41) is 7.17. The maximum Gasteiger partial charge on any atom is 0.280 e. The number of benzene rings is 1. The van der Waals surface area contributed by atoms with Crippen molar-refractivity contribution in [1.82, 2.24) is 24.2 Å². The SMILES string of the molecule is CN1CCN(n2ccc3c(cnc4c(-c5ccccc5)cnn43)c2=O)CC1. The van der Waals surface area contributed by atoms with E-state index in [2.05, 4.69) is 27.0 Å². The number of pyridine rings is 1. The molecule has 0 bridgehead atoms. The van der Waals surface area contributed by atoms with Gasteiger partial charge in [0.15, 0.2) is 5.65 Å². The van der Waals surface area contributed by atoms with Gasteiger partial charge in [-0.05, 0) is 18.7 Å². The molecule has 4 heterocycles. The number of piperazine rings is 1. The van der Waals surface area contributed by atoms with Crippen molar-refractivity contribution in [3.05, 3.63) is 65.3 Å². The molecule has 1 aliphatic heterocycles. The third-order valence-electron chi connectivity index (χ3n) is 5.25. The van der Waals surface area contributed by atoms with Gasteiger partial charge in [0.25, 0.3) is 5.56 Å². The van der Waals surface area contributed by atoms with Gasteiger partial charge in [-0.1, -0.05) is 30.3 Å². The Labute approximate surface area is 156 Å². The minimum absolute atomic E-state index is 0.0526. The van der Waals surface area contributed by atoms with Gasteiger partial charge in [-0.15, -0.1) is 0 Å². The van der Waals surface area contributed by atoms with E-state index in [1.165, 1.54) is 0 Å². The number of nitrogens with zero attached hydrogens (tertiary/aromatic N) is 6. The molecule has 0 N–H and O–H groups in total. The van der Waals surface area contributed by atoms with E-state index in [1.54, 1.807) is 15.4 Å². The molecule has 1 fully saturated rings. The van der Waals surface area contributed by atoms with Crippen molar-refractivity contribution in [2.75, 3.05) is 38.2 Å². The molecule has 1 aromatic carbocycles. The molecule has 3 aromatic heterocycles. The fourth-order valence-corrected chi connectivity index (χ4v) is 3.66. The molecule has 0 amide bonds. The third-order valence-corrected chi connectivity index (χ3v) is 5.25. The second kappa shape index (κ2) is 6.21. The number of hydrogen-bond acceptors (Lipinski definition) is 5. The first kappa shape index (κ1) is 16.0. The van der Waals surface area contributed by atoms with Crippen LogP contribution in [-0.4, -0.2) is 57.4 Å². The van der Waals surface area contributed by atoms with E-state index < -0.39 is 0 Å². The van der Waals surface area contributed by atoms with E-state index >= 15 is 0 Å². The standard InChI is InChI=1S/C20H20N6O/c1-23-9-11-24(12-10-23)25-8-7-18-17(20(25)27)13-21-19-16(14-22-26(18)19)15-5-3-2-4-6-15/h2-8,13-14H,9-12H2,1H3. The largest absolute Gasteiger partial charge is 0.308 e. The zero-order valence-corrected chi connectivity index (χ0v) is 15.1. The Balaban J connectivity index is 1.64. The highest BCUT2D eigenvalue weighted by Crippen LogP contribution is 2.24. The Bertz CT molecular complexity index is 1170. The van der Waals surface area contributed by atoms with Crippen LogP contribution in [0.5, 0.6) is 0 Å². The van der Waals surface area contributed by atoms with Crippen LogP contribution in [0.4, 0.5) is 0 Å². The molecule has 7 heteroatoms. The zero-order chi connectivity index (χ0) is 18.4. The molecule has 1 aliphatic rings. The highest BCUT2D eigenvalue weighted by atomic mass is 16.1. The maximum atomic E-state index is 13.1. The number of fused-ring (bicyclic) bond motifs is 3. The van der Waals surface area contributed by atoms with Crippen molar-refractivity contribution in [3.8, 4) is 11.1 Å². The molecule has 0 unspecified atom stereocenters. The van der Waals surface area contributed by atoms with Gasteiger partial charge in [0.2, 0.25) is 0 Å². The van der Waals surface area contributed by atoms with Crippen LogP contribution in [0, 0.1) is 0 Å². The fraction of sp³-hybridized carbons (Fsp3) is 0.250. The summed E-state index contributed by atoms with van der Waals surface area (Å²) in [6.45, 7) is 3.55. The Morgan fingerprint density at radius 2 is 1.74 bits per heavy atom.